The molecule has 6 N–H and O–H groups in total. The topological polar surface area (TPSA) is 155 Å². The predicted octanol–water partition coefficient (Wildman–Crippen LogP) is 2.67. The van der Waals surface area contributed by atoms with E-state index in [0.717, 1.165) is 24.8 Å². The molecule has 1 aromatic rings. The van der Waals surface area contributed by atoms with Crippen LogP contribution in [0, 0.1) is 5.92 Å². The zero-order chi connectivity index (χ0) is 25.7. The lowest BCUT2D eigenvalue weighted by Gasteiger charge is -2.24. The zero-order valence-corrected chi connectivity index (χ0v) is 20.8. The van der Waals surface area contributed by atoms with Gasteiger partial charge in [-0.3, -0.25) is 15.1 Å². The van der Waals surface area contributed by atoms with Gasteiger partial charge in [-0.1, -0.05) is 19.9 Å². The van der Waals surface area contributed by atoms with Gasteiger partial charge in [0.25, 0.3) is 0 Å². The molecule has 0 bridgehead atoms. The summed E-state index contributed by atoms with van der Waals surface area (Å²) in [5.41, 5.74) is 6.59. The van der Waals surface area contributed by atoms with Crippen LogP contribution in [0.4, 0.5) is 4.79 Å². The Kier molecular flexibility index (Phi) is 12.8. The largest absolute Gasteiger partial charge is 0.493 e. The first-order chi connectivity index (χ1) is 16.0. The van der Waals surface area contributed by atoms with Gasteiger partial charge in [0.05, 0.1) is 32.8 Å². The van der Waals surface area contributed by atoms with Crippen LogP contribution in [-0.2, 0) is 11.2 Å². The number of carbonyl (C=O) groups excluding carboxylic acids is 1. The Morgan fingerprint density at radius 2 is 1.74 bits per heavy atom. The van der Waals surface area contributed by atoms with Gasteiger partial charge in [-0.15, -0.1) is 0 Å². The van der Waals surface area contributed by atoms with Gasteiger partial charge in [-0.05, 0) is 62.6 Å². The molecule has 1 aliphatic carbocycles. The fraction of sp³-hybridized carbons (Fsp3) is 0.625. The van der Waals surface area contributed by atoms with Gasteiger partial charge in [0.2, 0.25) is 5.91 Å². The maximum Gasteiger partial charge on any atom is 0.404 e. The van der Waals surface area contributed by atoms with Gasteiger partial charge in [0.15, 0.2) is 17.5 Å². The number of hydrogen-bond acceptors (Lipinski definition) is 6. The van der Waals surface area contributed by atoms with Crippen LogP contribution in [0.2, 0.25) is 0 Å². The molecular weight excluding hydrogens is 440 g/mol. The van der Waals surface area contributed by atoms with Gasteiger partial charge in [0, 0.05) is 6.04 Å². The molecule has 1 fully saturated rings. The van der Waals surface area contributed by atoms with E-state index in [4.69, 9.17) is 25.4 Å². The lowest BCUT2D eigenvalue weighted by Crippen LogP contribution is -2.38. The second kappa shape index (κ2) is 15.0. The third-order valence-electron chi connectivity index (χ3n) is 5.28. The molecule has 1 aliphatic rings. The molecule has 34 heavy (non-hydrogen) atoms. The molecule has 0 unspecified atom stereocenters. The molecular formula is C24H40N4O6. The fourth-order valence-corrected chi connectivity index (χ4v) is 3.76. The third-order valence-corrected chi connectivity index (χ3v) is 5.28. The molecule has 1 saturated carbocycles. The van der Waals surface area contributed by atoms with Crippen LogP contribution in [0.5, 0.6) is 11.5 Å². The van der Waals surface area contributed by atoms with Crippen molar-refractivity contribution in [3.05, 3.63) is 23.8 Å². The number of nitrogens with one attached hydrogen (secondary N) is 2. The molecule has 0 saturated heterocycles. The van der Waals surface area contributed by atoms with Crippen molar-refractivity contribution in [2.24, 2.45) is 16.6 Å². The average molecular weight is 481 g/mol. The third kappa shape index (κ3) is 11.7. The number of ether oxygens (including phenoxy) is 2. The highest BCUT2D eigenvalue weighted by atomic mass is 16.5. The summed E-state index contributed by atoms with van der Waals surface area (Å²) in [5, 5.41) is 22.5. The van der Waals surface area contributed by atoms with Crippen LogP contribution in [0.15, 0.2) is 23.2 Å². The van der Waals surface area contributed by atoms with Crippen molar-refractivity contribution in [3.8, 4) is 11.5 Å². The first-order valence-electron chi connectivity index (χ1n) is 11.6. The number of aliphatic hydroxyl groups is 1. The summed E-state index contributed by atoms with van der Waals surface area (Å²) < 4.78 is 10.4. The molecule has 2 rings (SSSR count). The van der Waals surface area contributed by atoms with E-state index in [9.17, 15) is 9.59 Å². The van der Waals surface area contributed by atoms with E-state index in [2.05, 4.69) is 29.5 Å². The quantitative estimate of drug-likeness (QED) is 0.283. The Bertz CT molecular complexity index is 807. The lowest BCUT2D eigenvalue weighted by atomic mass is 9.93. The van der Waals surface area contributed by atoms with E-state index in [1.165, 1.54) is 0 Å². The number of carbonyl (C=O) groups is 2. The number of aliphatic hydroxyl groups excluding tert-OH is 1. The zero-order valence-electron chi connectivity index (χ0n) is 20.8. The number of benzene rings is 1. The summed E-state index contributed by atoms with van der Waals surface area (Å²) in [6.45, 7) is 6.23. The van der Waals surface area contributed by atoms with Crippen molar-refractivity contribution in [2.75, 3.05) is 14.2 Å². The highest BCUT2D eigenvalue weighted by Crippen LogP contribution is 2.27. The van der Waals surface area contributed by atoms with Crippen LogP contribution >= 0.6 is 0 Å². The van der Waals surface area contributed by atoms with Gasteiger partial charge < -0.3 is 30.7 Å². The van der Waals surface area contributed by atoms with Crippen LogP contribution in [0.1, 0.15) is 58.4 Å². The fourth-order valence-electron chi connectivity index (χ4n) is 3.76. The Balaban J connectivity index is 0.000000437. The van der Waals surface area contributed by atoms with E-state index in [1.54, 1.807) is 26.4 Å². The maximum absolute atomic E-state index is 12.0. The molecule has 192 valence electrons. The number of methoxy groups -OCH3 is 2. The number of nitrogens with two attached hydrogens (primary N) is 1. The average Bonchev–Trinajstić information content (AvgIpc) is 2.74. The highest BCUT2D eigenvalue weighted by Gasteiger charge is 2.20. The molecule has 10 heteroatoms. The number of guanidine groups is 1. The van der Waals surface area contributed by atoms with Crippen LogP contribution in [0.25, 0.3) is 0 Å². The summed E-state index contributed by atoms with van der Waals surface area (Å²) in [6.07, 6.45) is 2.87. The molecule has 0 heterocycles. The van der Waals surface area contributed by atoms with Gasteiger partial charge >= 0.3 is 6.09 Å². The van der Waals surface area contributed by atoms with Gasteiger partial charge in [-0.25, -0.2) is 4.79 Å². The van der Waals surface area contributed by atoms with Crippen LogP contribution < -0.4 is 25.8 Å². The Morgan fingerprint density at radius 1 is 1.12 bits per heavy atom. The van der Waals surface area contributed by atoms with E-state index in [1.807, 2.05) is 13.0 Å². The summed E-state index contributed by atoms with van der Waals surface area (Å²) >= 11 is 0. The van der Waals surface area contributed by atoms with Crippen molar-refractivity contribution in [3.63, 3.8) is 0 Å². The van der Waals surface area contributed by atoms with Crippen LogP contribution in [-0.4, -0.2) is 60.6 Å². The molecule has 1 atom stereocenters. The Labute approximate surface area is 201 Å². The molecule has 2 amide bonds. The normalized spacial score (nSPS) is 18.9. The number of hydrogen-bond donors (Lipinski definition) is 5. The lowest BCUT2D eigenvalue weighted by molar-refractivity contribution is -0.119. The van der Waals surface area contributed by atoms with E-state index in [0.29, 0.717) is 30.3 Å². The maximum atomic E-state index is 12.0. The molecule has 0 radical (unpaired) electrons. The van der Waals surface area contributed by atoms with Crippen LogP contribution in [0.3, 0.4) is 0 Å². The Hall–Kier alpha value is -3.01. The van der Waals surface area contributed by atoms with Crippen molar-refractivity contribution in [1.82, 2.24) is 10.6 Å². The highest BCUT2D eigenvalue weighted by molar-refractivity contribution is 5.97. The minimum atomic E-state index is -0.966. The summed E-state index contributed by atoms with van der Waals surface area (Å²) in [6, 6.07) is 5.49. The van der Waals surface area contributed by atoms with Crippen molar-refractivity contribution in [1.29, 1.82) is 0 Å². The van der Waals surface area contributed by atoms with E-state index >= 15 is 0 Å². The summed E-state index contributed by atoms with van der Waals surface area (Å²) in [4.78, 5) is 26.5. The first kappa shape index (κ1) is 29.0. The first-order valence-corrected chi connectivity index (χ1v) is 11.6. The molecule has 0 spiro atoms. The summed E-state index contributed by atoms with van der Waals surface area (Å²) in [5.74, 6) is 1.69. The number of amides is 2. The molecule has 1 aromatic carbocycles. The minimum absolute atomic E-state index is 0.0518. The predicted molar refractivity (Wildman–Crippen MR) is 131 cm³/mol. The second-order valence-corrected chi connectivity index (χ2v) is 8.86. The minimum Gasteiger partial charge on any atom is -0.493 e. The monoisotopic (exact) mass is 480 g/mol. The van der Waals surface area contributed by atoms with E-state index in [-0.39, 0.29) is 36.5 Å². The molecule has 0 aliphatic heterocycles. The standard InChI is InChI=1S/C17H27N3O3.C7H13NO3/c1-11(2)8-12(3)19-17(18)20-16(21)10-13-6-7-14(22-4)15(9-13)23-5;9-6-3-1-5(2-4-6)8-7(10)11/h6-7,9,11-12H,8,10H2,1-5H3,(H3,18,19,20,21);5-6,8-9H,1-4H2,(H,10,11)/t12-;/m1./s1. The van der Waals surface area contributed by atoms with Crippen molar-refractivity contribution >= 4 is 18.0 Å². The van der Waals surface area contributed by atoms with Crippen molar-refractivity contribution in [2.45, 2.75) is 77.5 Å². The molecule has 0 aromatic heterocycles. The SMILES string of the molecule is COc1ccc(CC(=O)NC(N)=N[C@H](C)CC(C)C)cc1OC.O=C(O)NC1CCC(O)CC1. The molecule has 10 nitrogen and oxygen atoms in total. The van der Waals surface area contributed by atoms with Crippen molar-refractivity contribution < 1.29 is 29.3 Å². The van der Waals surface area contributed by atoms with Gasteiger partial charge in [-0.2, -0.15) is 0 Å². The smallest absolute Gasteiger partial charge is 0.404 e. The number of aliphatic imine (C=N–C) groups is 1. The number of nitrogens with zero attached hydrogens (tertiary/aromatic N) is 1. The number of carboxylic acid groups (broad SMARTS) is 1. The Morgan fingerprint density at radius 3 is 2.26 bits per heavy atom. The van der Waals surface area contributed by atoms with Gasteiger partial charge in [0.1, 0.15) is 0 Å². The number of rotatable bonds is 8. The van der Waals surface area contributed by atoms with E-state index < -0.39 is 6.09 Å². The second-order valence-electron chi connectivity index (χ2n) is 8.86. The summed E-state index contributed by atoms with van der Waals surface area (Å²) in [7, 11) is 3.13.